The van der Waals surface area contributed by atoms with Gasteiger partial charge in [0.25, 0.3) is 0 Å². The van der Waals surface area contributed by atoms with E-state index in [1.165, 1.54) is 12.1 Å². The molecule has 1 amide bonds. The number of carbonyl (C=O) groups is 1. The summed E-state index contributed by atoms with van der Waals surface area (Å²) in [6, 6.07) is 6.29. The number of piperidine rings is 1. The summed E-state index contributed by atoms with van der Waals surface area (Å²) in [7, 11) is 0. The van der Waals surface area contributed by atoms with Crippen molar-refractivity contribution in [3.05, 3.63) is 29.8 Å². The van der Waals surface area contributed by atoms with Crippen LogP contribution in [-0.2, 0) is 11.3 Å². The van der Waals surface area contributed by atoms with E-state index in [4.69, 9.17) is 0 Å². The summed E-state index contributed by atoms with van der Waals surface area (Å²) in [4.78, 5) is 15.3. The van der Waals surface area contributed by atoms with Gasteiger partial charge in [-0.2, -0.15) is 0 Å². The average Bonchev–Trinajstić information content (AvgIpc) is 3.08. The Balaban J connectivity index is 1.54. The largest absolute Gasteiger partial charge is 0.573 e. The SMILES string of the molecule is O=C(C1CC12CCNCC2)N(Cc1ccccc1OC(F)(F)F)C1CCCC1. The third-order valence-corrected chi connectivity index (χ3v) is 6.67. The van der Waals surface area contributed by atoms with Gasteiger partial charge < -0.3 is 15.0 Å². The van der Waals surface area contributed by atoms with Crippen molar-refractivity contribution in [3.63, 3.8) is 0 Å². The fourth-order valence-electron chi connectivity index (χ4n) is 5.02. The minimum atomic E-state index is -4.74. The summed E-state index contributed by atoms with van der Waals surface area (Å²) in [5.41, 5.74) is 0.529. The molecular formula is C21H27F3N2O2. The molecule has 154 valence electrons. The normalized spacial score (nSPS) is 24.3. The van der Waals surface area contributed by atoms with Crippen LogP contribution in [-0.4, -0.2) is 36.3 Å². The predicted octanol–water partition coefficient (Wildman–Crippen LogP) is 4.25. The Morgan fingerprint density at radius 1 is 1.18 bits per heavy atom. The molecule has 0 bridgehead atoms. The van der Waals surface area contributed by atoms with E-state index in [9.17, 15) is 18.0 Å². The highest BCUT2D eigenvalue weighted by atomic mass is 19.4. The van der Waals surface area contributed by atoms with Gasteiger partial charge in [0, 0.05) is 24.1 Å². The van der Waals surface area contributed by atoms with Gasteiger partial charge in [0.15, 0.2) is 0 Å². The molecule has 7 heteroatoms. The molecule has 4 nitrogen and oxygen atoms in total. The lowest BCUT2D eigenvalue weighted by Crippen LogP contribution is -2.41. The van der Waals surface area contributed by atoms with E-state index in [0.29, 0.717) is 5.56 Å². The molecule has 4 rings (SSSR count). The maximum atomic E-state index is 13.4. The van der Waals surface area contributed by atoms with E-state index in [-0.39, 0.29) is 35.6 Å². The zero-order chi connectivity index (χ0) is 19.8. The first kappa shape index (κ1) is 19.6. The predicted molar refractivity (Wildman–Crippen MR) is 98.6 cm³/mol. The highest BCUT2D eigenvalue weighted by molar-refractivity contribution is 5.83. The summed E-state index contributed by atoms with van der Waals surface area (Å²) in [6.45, 7) is 2.06. The van der Waals surface area contributed by atoms with Gasteiger partial charge in [0.05, 0.1) is 0 Å². The van der Waals surface area contributed by atoms with Crippen LogP contribution in [0.15, 0.2) is 24.3 Å². The number of rotatable bonds is 5. The van der Waals surface area contributed by atoms with Crippen molar-refractivity contribution in [2.75, 3.05) is 13.1 Å². The van der Waals surface area contributed by atoms with E-state index in [1.54, 1.807) is 12.1 Å². The molecule has 1 heterocycles. The van der Waals surface area contributed by atoms with Crippen molar-refractivity contribution in [2.24, 2.45) is 11.3 Å². The quantitative estimate of drug-likeness (QED) is 0.809. The zero-order valence-electron chi connectivity index (χ0n) is 15.9. The Kier molecular flexibility index (Phi) is 5.29. The second-order valence-electron chi connectivity index (χ2n) is 8.43. The number of carbonyl (C=O) groups excluding carboxylic acids is 1. The van der Waals surface area contributed by atoms with Crippen LogP contribution in [0.5, 0.6) is 5.75 Å². The fourth-order valence-corrected chi connectivity index (χ4v) is 5.02. The van der Waals surface area contributed by atoms with Crippen LogP contribution in [0.3, 0.4) is 0 Å². The summed E-state index contributed by atoms with van der Waals surface area (Å²) < 4.78 is 42.6. The zero-order valence-corrected chi connectivity index (χ0v) is 15.9. The number of ether oxygens (including phenoxy) is 1. The highest BCUT2D eigenvalue weighted by Crippen LogP contribution is 2.59. The first-order valence-corrected chi connectivity index (χ1v) is 10.2. The Labute approximate surface area is 163 Å². The molecule has 3 fully saturated rings. The monoisotopic (exact) mass is 396 g/mol. The van der Waals surface area contributed by atoms with Gasteiger partial charge in [-0.15, -0.1) is 13.2 Å². The number of hydrogen-bond donors (Lipinski definition) is 1. The van der Waals surface area contributed by atoms with Crippen LogP contribution in [0.2, 0.25) is 0 Å². The van der Waals surface area contributed by atoms with Gasteiger partial charge in [-0.05, 0) is 56.7 Å². The highest BCUT2D eigenvalue weighted by Gasteiger charge is 2.59. The van der Waals surface area contributed by atoms with Gasteiger partial charge in [-0.25, -0.2) is 0 Å². The second kappa shape index (κ2) is 7.58. The topological polar surface area (TPSA) is 41.6 Å². The van der Waals surface area contributed by atoms with Crippen LogP contribution in [0.25, 0.3) is 0 Å². The Bertz CT molecular complexity index is 710. The first-order valence-electron chi connectivity index (χ1n) is 10.2. The lowest BCUT2D eigenvalue weighted by molar-refractivity contribution is -0.275. The summed E-state index contributed by atoms with van der Waals surface area (Å²) in [6.07, 6.45) is 2.17. The van der Waals surface area contributed by atoms with Crippen molar-refractivity contribution in [1.29, 1.82) is 0 Å². The average molecular weight is 396 g/mol. The smallest absolute Gasteiger partial charge is 0.405 e. The molecule has 3 aliphatic rings. The lowest BCUT2D eigenvalue weighted by Gasteiger charge is -2.32. The van der Waals surface area contributed by atoms with Crippen LogP contribution in [0, 0.1) is 11.3 Å². The van der Waals surface area contributed by atoms with Gasteiger partial charge in [-0.3, -0.25) is 4.79 Å². The third-order valence-electron chi connectivity index (χ3n) is 6.67. The molecule has 0 radical (unpaired) electrons. The molecule has 1 saturated heterocycles. The number of para-hydroxylation sites is 1. The maximum absolute atomic E-state index is 13.4. The number of alkyl halides is 3. The summed E-state index contributed by atoms with van der Waals surface area (Å²) in [5.74, 6) is -0.0697. The van der Waals surface area contributed by atoms with Gasteiger partial charge in [0.1, 0.15) is 5.75 Å². The molecule has 2 saturated carbocycles. The number of nitrogens with zero attached hydrogens (tertiary/aromatic N) is 1. The van der Waals surface area contributed by atoms with Crippen molar-refractivity contribution in [3.8, 4) is 5.75 Å². The number of benzene rings is 1. The van der Waals surface area contributed by atoms with Crippen LogP contribution < -0.4 is 10.1 Å². The van der Waals surface area contributed by atoms with E-state index in [0.717, 1.165) is 58.0 Å². The van der Waals surface area contributed by atoms with E-state index < -0.39 is 6.36 Å². The van der Waals surface area contributed by atoms with Crippen LogP contribution in [0.1, 0.15) is 50.5 Å². The van der Waals surface area contributed by atoms with E-state index >= 15 is 0 Å². The van der Waals surface area contributed by atoms with Crippen LogP contribution in [0.4, 0.5) is 13.2 Å². The first-order chi connectivity index (χ1) is 13.4. The Morgan fingerprint density at radius 3 is 2.54 bits per heavy atom. The van der Waals surface area contributed by atoms with E-state index in [2.05, 4.69) is 10.1 Å². The third kappa shape index (κ3) is 4.14. The molecule has 1 N–H and O–H groups in total. The van der Waals surface area contributed by atoms with E-state index in [1.807, 2.05) is 4.90 Å². The number of nitrogens with one attached hydrogen (secondary N) is 1. The molecule has 1 aromatic carbocycles. The van der Waals surface area contributed by atoms with Crippen molar-refractivity contribution in [1.82, 2.24) is 10.2 Å². The van der Waals surface area contributed by atoms with Gasteiger partial charge in [0.2, 0.25) is 5.91 Å². The summed E-state index contributed by atoms with van der Waals surface area (Å²) >= 11 is 0. The lowest BCUT2D eigenvalue weighted by atomic mass is 9.91. The van der Waals surface area contributed by atoms with Gasteiger partial charge in [-0.1, -0.05) is 31.0 Å². The fraction of sp³-hybridized carbons (Fsp3) is 0.667. The second-order valence-corrected chi connectivity index (χ2v) is 8.43. The number of halogens is 3. The molecule has 1 spiro atoms. The number of amides is 1. The standard InChI is InChI=1S/C21H27F3N2O2/c22-21(23,24)28-18-8-4-1-5-15(18)14-26(16-6-2-3-7-16)19(27)17-13-20(17)9-11-25-12-10-20/h1,4-5,8,16-17,25H,2-3,6-7,9-14H2. The molecule has 1 unspecified atom stereocenters. The maximum Gasteiger partial charge on any atom is 0.573 e. The molecule has 1 atom stereocenters. The summed E-state index contributed by atoms with van der Waals surface area (Å²) in [5, 5.41) is 3.35. The molecule has 28 heavy (non-hydrogen) atoms. The minimum absolute atomic E-state index is 0.0193. The number of hydrogen-bond acceptors (Lipinski definition) is 3. The minimum Gasteiger partial charge on any atom is -0.405 e. The Hall–Kier alpha value is -1.76. The molecule has 1 aliphatic heterocycles. The van der Waals surface area contributed by atoms with Crippen molar-refractivity contribution < 1.29 is 22.7 Å². The molecule has 1 aromatic rings. The molecular weight excluding hydrogens is 369 g/mol. The van der Waals surface area contributed by atoms with Gasteiger partial charge >= 0.3 is 6.36 Å². The van der Waals surface area contributed by atoms with Crippen molar-refractivity contribution >= 4 is 5.91 Å². The molecule has 2 aliphatic carbocycles. The molecule has 0 aromatic heterocycles. The van der Waals surface area contributed by atoms with Crippen LogP contribution >= 0.6 is 0 Å². The Morgan fingerprint density at radius 2 is 1.86 bits per heavy atom. The van der Waals surface area contributed by atoms with Crippen molar-refractivity contribution in [2.45, 2.75) is 63.9 Å².